The molecule has 1 atom stereocenters. The second-order valence-corrected chi connectivity index (χ2v) is 8.31. The molecule has 8 nitrogen and oxygen atoms in total. The number of benzene rings is 2. The second-order valence-electron chi connectivity index (χ2n) is 8.31. The van der Waals surface area contributed by atoms with E-state index in [1.54, 1.807) is 6.20 Å². The van der Waals surface area contributed by atoms with Crippen molar-refractivity contribution in [2.45, 2.75) is 19.4 Å². The third-order valence-corrected chi connectivity index (χ3v) is 6.00. The van der Waals surface area contributed by atoms with Crippen LogP contribution in [-0.4, -0.2) is 50.4 Å². The third kappa shape index (κ3) is 4.50. The van der Waals surface area contributed by atoms with Crippen molar-refractivity contribution in [2.24, 2.45) is 11.7 Å². The largest absolute Gasteiger partial charge is 0.457 e. The molecule has 0 saturated carbocycles. The Hall–Kier alpha value is -3.65. The fourth-order valence-corrected chi connectivity index (χ4v) is 4.37. The number of nitrogens with two attached hydrogens (primary N) is 1. The minimum atomic E-state index is -0.207. The number of fused-ring (bicyclic) bond motifs is 1. The van der Waals surface area contributed by atoms with Gasteiger partial charge in [-0.2, -0.15) is 10.2 Å². The van der Waals surface area contributed by atoms with Crippen LogP contribution < -0.4 is 10.5 Å². The molecule has 2 aromatic carbocycles. The topological polar surface area (TPSA) is 102 Å². The van der Waals surface area contributed by atoms with Crippen molar-refractivity contribution in [3.8, 4) is 22.8 Å². The van der Waals surface area contributed by atoms with Gasteiger partial charge in [-0.1, -0.05) is 0 Å². The zero-order valence-electron chi connectivity index (χ0n) is 17.8. The Morgan fingerprint density at radius 2 is 1.97 bits per heavy atom. The molecule has 3 N–H and O–H groups in total. The van der Waals surface area contributed by atoms with E-state index in [0.29, 0.717) is 12.3 Å². The molecule has 8 heteroatoms. The zero-order valence-corrected chi connectivity index (χ0v) is 17.8. The summed E-state index contributed by atoms with van der Waals surface area (Å²) in [6.45, 7) is 3.66. The SMILES string of the molecule is NC(=O)C[C@H]1CCN(CCn2ncc3cc(Oc4ccc(-c5ccn[nH]5)cc4)ccc32)C1. The number of aromatic nitrogens is 4. The highest BCUT2D eigenvalue weighted by Crippen LogP contribution is 2.28. The lowest BCUT2D eigenvalue weighted by atomic mass is 10.1. The minimum absolute atomic E-state index is 0.207. The first-order chi connectivity index (χ1) is 15.6. The molecule has 1 fully saturated rings. The molecule has 4 aromatic rings. The number of rotatable bonds is 8. The van der Waals surface area contributed by atoms with Crippen LogP contribution in [0.15, 0.2) is 60.9 Å². The molecular weight excluding hydrogens is 404 g/mol. The highest BCUT2D eigenvalue weighted by atomic mass is 16.5. The molecule has 1 amide bonds. The fraction of sp³-hybridized carbons (Fsp3) is 0.292. The Kier molecular flexibility index (Phi) is 5.60. The van der Waals surface area contributed by atoms with Gasteiger partial charge >= 0.3 is 0 Å². The molecule has 32 heavy (non-hydrogen) atoms. The van der Waals surface area contributed by atoms with Crippen LogP contribution in [0.4, 0.5) is 0 Å². The molecule has 0 unspecified atom stereocenters. The lowest BCUT2D eigenvalue weighted by Crippen LogP contribution is -2.26. The Labute approximate surface area is 186 Å². The molecule has 0 bridgehead atoms. The number of ether oxygens (including phenoxy) is 1. The molecule has 3 heterocycles. The van der Waals surface area contributed by atoms with Gasteiger partial charge in [-0.3, -0.25) is 14.6 Å². The van der Waals surface area contributed by atoms with Crippen molar-refractivity contribution >= 4 is 16.8 Å². The van der Waals surface area contributed by atoms with Gasteiger partial charge in [0.1, 0.15) is 11.5 Å². The van der Waals surface area contributed by atoms with Crippen LogP contribution in [0.5, 0.6) is 11.5 Å². The van der Waals surface area contributed by atoms with E-state index in [1.807, 2.05) is 53.3 Å². The average molecular weight is 431 g/mol. The molecule has 1 saturated heterocycles. The van der Waals surface area contributed by atoms with E-state index >= 15 is 0 Å². The standard InChI is InChI=1S/C24H26N6O2/c25-24(31)13-17-8-10-29(16-17)11-12-30-23-6-5-21(14-19(23)15-27-30)32-20-3-1-18(2-4-20)22-7-9-26-28-22/h1-7,9,14-15,17H,8,10-13,16H2,(H2,25,31)(H,26,28)/t17-/m1/s1. The number of primary amides is 1. The van der Waals surface area contributed by atoms with Crippen LogP contribution in [-0.2, 0) is 11.3 Å². The highest BCUT2D eigenvalue weighted by Gasteiger charge is 2.23. The van der Waals surface area contributed by atoms with Crippen molar-refractivity contribution < 1.29 is 9.53 Å². The molecule has 1 aliphatic heterocycles. The number of hydrogen-bond donors (Lipinski definition) is 2. The van der Waals surface area contributed by atoms with Crippen LogP contribution in [0, 0.1) is 5.92 Å². The van der Waals surface area contributed by atoms with E-state index in [1.165, 1.54) is 0 Å². The first kappa shape index (κ1) is 20.3. The number of nitrogens with zero attached hydrogens (tertiary/aromatic N) is 4. The van der Waals surface area contributed by atoms with Gasteiger partial charge in [0.25, 0.3) is 0 Å². The molecule has 164 valence electrons. The van der Waals surface area contributed by atoms with Crippen LogP contribution in [0.2, 0.25) is 0 Å². The highest BCUT2D eigenvalue weighted by molar-refractivity contribution is 5.80. The summed E-state index contributed by atoms with van der Waals surface area (Å²) in [7, 11) is 0. The number of amides is 1. The van der Waals surface area contributed by atoms with E-state index in [2.05, 4.69) is 26.3 Å². The molecule has 1 aliphatic rings. The zero-order chi connectivity index (χ0) is 21.9. The van der Waals surface area contributed by atoms with Crippen LogP contribution >= 0.6 is 0 Å². The number of H-pyrrole nitrogens is 1. The Morgan fingerprint density at radius 3 is 2.75 bits per heavy atom. The molecule has 2 aromatic heterocycles. The van der Waals surface area contributed by atoms with Crippen LogP contribution in [0.3, 0.4) is 0 Å². The Bertz CT molecular complexity index is 1200. The molecule has 5 rings (SSSR count). The predicted octanol–water partition coefficient (Wildman–Crippen LogP) is 3.42. The van der Waals surface area contributed by atoms with Gasteiger partial charge in [-0.05, 0) is 73.0 Å². The summed E-state index contributed by atoms with van der Waals surface area (Å²) >= 11 is 0. The van der Waals surface area contributed by atoms with E-state index in [9.17, 15) is 4.79 Å². The van der Waals surface area contributed by atoms with Gasteiger partial charge in [-0.25, -0.2) is 0 Å². The lowest BCUT2D eigenvalue weighted by molar-refractivity contribution is -0.118. The normalized spacial score (nSPS) is 16.6. The van der Waals surface area contributed by atoms with E-state index in [-0.39, 0.29) is 5.91 Å². The third-order valence-electron chi connectivity index (χ3n) is 6.00. The summed E-state index contributed by atoms with van der Waals surface area (Å²) in [5.74, 6) is 1.73. The van der Waals surface area contributed by atoms with E-state index < -0.39 is 0 Å². The molecule has 0 spiro atoms. The van der Waals surface area contributed by atoms with Crippen molar-refractivity contribution in [3.63, 3.8) is 0 Å². The fourth-order valence-electron chi connectivity index (χ4n) is 4.37. The molecule has 0 aliphatic carbocycles. The quantitative estimate of drug-likeness (QED) is 0.446. The lowest BCUT2D eigenvalue weighted by Gasteiger charge is -2.16. The number of carbonyl (C=O) groups is 1. The number of hydrogen-bond acceptors (Lipinski definition) is 5. The summed E-state index contributed by atoms with van der Waals surface area (Å²) in [6, 6.07) is 15.9. The summed E-state index contributed by atoms with van der Waals surface area (Å²) < 4.78 is 8.07. The summed E-state index contributed by atoms with van der Waals surface area (Å²) in [6.07, 6.45) is 5.13. The number of carbonyl (C=O) groups excluding carboxylic acids is 1. The summed E-state index contributed by atoms with van der Waals surface area (Å²) in [4.78, 5) is 13.5. The Morgan fingerprint density at radius 1 is 1.12 bits per heavy atom. The van der Waals surface area contributed by atoms with Gasteiger partial charge < -0.3 is 15.4 Å². The number of aromatic amines is 1. The second kappa shape index (κ2) is 8.84. The first-order valence-corrected chi connectivity index (χ1v) is 10.9. The summed E-state index contributed by atoms with van der Waals surface area (Å²) in [5, 5.41) is 12.6. The number of nitrogens with one attached hydrogen (secondary N) is 1. The van der Waals surface area contributed by atoms with Gasteiger partial charge in [0.2, 0.25) is 5.91 Å². The van der Waals surface area contributed by atoms with E-state index in [4.69, 9.17) is 10.5 Å². The van der Waals surface area contributed by atoms with Crippen molar-refractivity contribution in [1.29, 1.82) is 0 Å². The van der Waals surface area contributed by atoms with Crippen molar-refractivity contribution in [3.05, 3.63) is 60.9 Å². The monoisotopic (exact) mass is 430 g/mol. The van der Waals surface area contributed by atoms with Crippen LogP contribution in [0.1, 0.15) is 12.8 Å². The molecule has 0 radical (unpaired) electrons. The van der Waals surface area contributed by atoms with Gasteiger partial charge in [-0.15, -0.1) is 0 Å². The minimum Gasteiger partial charge on any atom is -0.457 e. The number of likely N-dealkylation sites (tertiary alicyclic amines) is 1. The first-order valence-electron chi connectivity index (χ1n) is 10.9. The predicted molar refractivity (Wildman–Crippen MR) is 122 cm³/mol. The van der Waals surface area contributed by atoms with Gasteiger partial charge in [0, 0.05) is 31.1 Å². The maximum atomic E-state index is 11.1. The van der Waals surface area contributed by atoms with Gasteiger partial charge in [0.15, 0.2) is 0 Å². The van der Waals surface area contributed by atoms with Crippen molar-refractivity contribution in [2.75, 3.05) is 19.6 Å². The smallest absolute Gasteiger partial charge is 0.217 e. The Balaban J connectivity index is 1.21. The van der Waals surface area contributed by atoms with Crippen LogP contribution in [0.25, 0.3) is 22.2 Å². The maximum absolute atomic E-state index is 11.1. The summed E-state index contributed by atoms with van der Waals surface area (Å²) in [5.41, 5.74) is 8.45. The molecular formula is C24H26N6O2. The van der Waals surface area contributed by atoms with Crippen molar-refractivity contribution in [1.82, 2.24) is 24.9 Å². The van der Waals surface area contributed by atoms with E-state index in [0.717, 1.165) is 66.3 Å². The average Bonchev–Trinajstić information content (AvgIpc) is 3.54. The maximum Gasteiger partial charge on any atom is 0.217 e. The van der Waals surface area contributed by atoms with Gasteiger partial charge in [0.05, 0.1) is 24.0 Å².